The molecule has 1 aliphatic rings. The first kappa shape index (κ1) is 10.3. The molecule has 0 aliphatic heterocycles. The number of hydrogen-bond acceptors (Lipinski definition) is 4. The van der Waals surface area contributed by atoms with Crippen molar-refractivity contribution in [2.45, 2.75) is 31.6 Å². The van der Waals surface area contributed by atoms with Crippen LogP contribution in [0.1, 0.15) is 37.0 Å². The Morgan fingerprint density at radius 1 is 1.41 bits per heavy atom. The van der Waals surface area contributed by atoms with Gasteiger partial charge in [0.05, 0.1) is 6.42 Å². The zero-order valence-electron chi connectivity index (χ0n) is 9.81. The molecule has 0 unspecified atom stereocenters. The lowest BCUT2D eigenvalue weighted by molar-refractivity contribution is 0.375. The van der Waals surface area contributed by atoms with Crippen molar-refractivity contribution in [2.75, 3.05) is 5.73 Å². The van der Waals surface area contributed by atoms with E-state index >= 15 is 0 Å². The Balaban J connectivity index is 1.79. The van der Waals surface area contributed by atoms with Crippen LogP contribution in [0.2, 0.25) is 0 Å². The van der Waals surface area contributed by atoms with Gasteiger partial charge in [0.25, 0.3) is 0 Å². The van der Waals surface area contributed by atoms with Crippen molar-refractivity contribution >= 4 is 5.69 Å². The number of nitrogen functional groups attached to an aromatic ring is 1. The first-order valence-corrected chi connectivity index (χ1v) is 5.83. The van der Waals surface area contributed by atoms with Crippen LogP contribution in [0.4, 0.5) is 5.69 Å². The standard InChI is InChI=1S/C13H15N3O/c1-13(5-6-13)12-15-11(17-16-12)8-9-3-2-4-10(14)7-9/h2-4,7H,5-6,8,14H2,1H3. The number of nitrogens with two attached hydrogens (primary N) is 1. The van der Waals surface area contributed by atoms with Crippen LogP contribution in [0.15, 0.2) is 28.8 Å². The minimum Gasteiger partial charge on any atom is -0.399 e. The molecule has 0 atom stereocenters. The Hall–Kier alpha value is -1.84. The maximum absolute atomic E-state index is 5.73. The van der Waals surface area contributed by atoms with E-state index in [2.05, 4.69) is 17.1 Å². The smallest absolute Gasteiger partial charge is 0.231 e. The topological polar surface area (TPSA) is 64.9 Å². The third-order valence-electron chi connectivity index (χ3n) is 3.31. The highest BCUT2D eigenvalue weighted by molar-refractivity contribution is 5.41. The van der Waals surface area contributed by atoms with Gasteiger partial charge in [0, 0.05) is 11.1 Å². The maximum atomic E-state index is 5.73. The molecule has 0 saturated heterocycles. The summed E-state index contributed by atoms with van der Waals surface area (Å²) in [7, 11) is 0. The predicted molar refractivity (Wildman–Crippen MR) is 64.5 cm³/mol. The Morgan fingerprint density at radius 3 is 2.94 bits per heavy atom. The highest BCUT2D eigenvalue weighted by atomic mass is 16.5. The lowest BCUT2D eigenvalue weighted by Gasteiger charge is -1.99. The number of hydrogen-bond donors (Lipinski definition) is 1. The molecule has 1 saturated carbocycles. The molecule has 1 heterocycles. The normalized spacial score (nSPS) is 17.0. The highest BCUT2D eigenvalue weighted by Crippen LogP contribution is 2.45. The van der Waals surface area contributed by atoms with Crippen molar-refractivity contribution < 1.29 is 4.52 Å². The molecule has 1 aromatic carbocycles. The number of nitrogens with zero attached hydrogens (tertiary/aromatic N) is 2. The summed E-state index contributed by atoms with van der Waals surface area (Å²) in [6.07, 6.45) is 2.96. The van der Waals surface area contributed by atoms with Crippen molar-refractivity contribution in [3.05, 3.63) is 41.5 Å². The molecule has 3 rings (SSSR count). The lowest BCUT2D eigenvalue weighted by Crippen LogP contribution is -2.02. The summed E-state index contributed by atoms with van der Waals surface area (Å²) >= 11 is 0. The molecule has 4 nitrogen and oxygen atoms in total. The second-order valence-corrected chi connectivity index (χ2v) is 4.99. The van der Waals surface area contributed by atoms with Crippen LogP contribution in [0.3, 0.4) is 0 Å². The van der Waals surface area contributed by atoms with Crippen LogP contribution in [0, 0.1) is 0 Å². The van der Waals surface area contributed by atoms with Gasteiger partial charge in [-0.05, 0) is 30.5 Å². The van der Waals surface area contributed by atoms with Gasteiger partial charge in [0.15, 0.2) is 5.82 Å². The Kier molecular flexibility index (Phi) is 2.18. The third-order valence-corrected chi connectivity index (χ3v) is 3.31. The van der Waals surface area contributed by atoms with Gasteiger partial charge < -0.3 is 10.3 Å². The second kappa shape index (κ2) is 3.58. The minimum absolute atomic E-state index is 0.164. The molecule has 88 valence electrons. The van der Waals surface area contributed by atoms with Crippen molar-refractivity contribution in [1.29, 1.82) is 0 Å². The van der Waals surface area contributed by atoms with Gasteiger partial charge in [-0.25, -0.2) is 0 Å². The molecule has 1 fully saturated rings. The van der Waals surface area contributed by atoms with Crippen LogP contribution in [0.5, 0.6) is 0 Å². The van der Waals surface area contributed by atoms with Crippen LogP contribution >= 0.6 is 0 Å². The van der Waals surface area contributed by atoms with E-state index in [-0.39, 0.29) is 5.41 Å². The molecule has 1 aliphatic carbocycles. The van der Waals surface area contributed by atoms with Crippen LogP contribution in [0.25, 0.3) is 0 Å². The molecule has 17 heavy (non-hydrogen) atoms. The second-order valence-electron chi connectivity index (χ2n) is 4.99. The molecule has 0 radical (unpaired) electrons. The predicted octanol–water partition coefficient (Wildman–Crippen LogP) is 2.29. The summed E-state index contributed by atoms with van der Waals surface area (Å²) in [5.74, 6) is 1.51. The van der Waals surface area contributed by atoms with Gasteiger partial charge in [-0.15, -0.1) is 0 Å². The molecular formula is C13H15N3O. The van der Waals surface area contributed by atoms with Crippen molar-refractivity contribution in [3.8, 4) is 0 Å². The van der Waals surface area contributed by atoms with E-state index in [0.29, 0.717) is 12.3 Å². The van der Waals surface area contributed by atoms with E-state index in [1.807, 2.05) is 24.3 Å². The molecule has 0 amide bonds. The third kappa shape index (κ3) is 2.02. The molecule has 4 heteroatoms. The summed E-state index contributed by atoms with van der Waals surface area (Å²) in [6, 6.07) is 7.75. The number of aromatic nitrogens is 2. The number of rotatable bonds is 3. The molecule has 1 aromatic heterocycles. The zero-order valence-corrected chi connectivity index (χ0v) is 9.81. The van der Waals surface area contributed by atoms with E-state index in [4.69, 9.17) is 10.3 Å². The van der Waals surface area contributed by atoms with E-state index in [0.717, 1.165) is 29.9 Å². The average molecular weight is 229 g/mol. The summed E-state index contributed by atoms with van der Waals surface area (Å²) in [6.45, 7) is 2.17. The fourth-order valence-corrected chi connectivity index (χ4v) is 1.86. The summed E-state index contributed by atoms with van der Waals surface area (Å²) in [5.41, 5.74) is 7.75. The highest BCUT2D eigenvalue weighted by Gasteiger charge is 2.43. The van der Waals surface area contributed by atoms with Gasteiger partial charge >= 0.3 is 0 Å². The lowest BCUT2D eigenvalue weighted by atomic mass is 10.1. The Labute approximate surface area is 99.8 Å². The van der Waals surface area contributed by atoms with Crippen molar-refractivity contribution in [3.63, 3.8) is 0 Å². The summed E-state index contributed by atoms with van der Waals surface area (Å²) < 4.78 is 5.27. The average Bonchev–Trinajstić information content (AvgIpc) is 2.87. The molecule has 0 spiro atoms. The SMILES string of the molecule is CC1(c2noc(Cc3cccc(N)c3)n2)CC1. The molecule has 2 aromatic rings. The van der Waals surface area contributed by atoms with Crippen LogP contribution in [-0.4, -0.2) is 10.1 Å². The van der Waals surface area contributed by atoms with E-state index < -0.39 is 0 Å². The maximum Gasteiger partial charge on any atom is 0.231 e. The van der Waals surface area contributed by atoms with Crippen LogP contribution in [-0.2, 0) is 11.8 Å². The Bertz CT molecular complexity index is 543. The van der Waals surface area contributed by atoms with Gasteiger partial charge in [0.2, 0.25) is 5.89 Å². The Morgan fingerprint density at radius 2 is 2.24 bits per heavy atom. The largest absolute Gasteiger partial charge is 0.399 e. The quantitative estimate of drug-likeness (QED) is 0.820. The summed E-state index contributed by atoms with van der Waals surface area (Å²) in [4.78, 5) is 4.45. The monoisotopic (exact) mass is 229 g/mol. The van der Waals surface area contributed by atoms with E-state index in [1.165, 1.54) is 0 Å². The first-order chi connectivity index (χ1) is 8.16. The van der Waals surface area contributed by atoms with Crippen molar-refractivity contribution in [2.24, 2.45) is 0 Å². The zero-order chi connectivity index (χ0) is 11.9. The fraction of sp³-hybridized carbons (Fsp3) is 0.385. The van der Waals surface area contributed by atoms with Gasteiger partial charge in [0.1, 0.15) is 0 Å². The molecular weight excluding hydrogens is 214 g/mol. The molecule has 0 bridgehead atoms. The molecule has 2 N–H and O–H groups in total. The fourth-order valence-electron chi connectivity index (χ4n) is 1.86. The van der Waals surface area contributed by atoms with Gasteiger partial charge in [-0.2, -0.15) is 4.98 Å². The van der Waals surface area contributed by atoms with E-state index in [1.54, 1.807) is 0 Å². The number of benzene rings is 1. The van der Waals surface area contributed by atoms with E-state index in [9.17, 15) is 0 Å². The van der Waals surface area contributed by atoms with Crippen LogP contribution < -0.4 is 5.73 Å². The number of anilines is 1. The van der Waals surface area contributed by atoms with Crippen molar-refractivity contribution in [1.82, 2.24) is 10.1 Å². The summed E-state index contributed by atoms with van der Waals surface area (Å²) in [5, 5.41) is 4.05. The van der Waals surface area contributed by atoms with Gasteiger partial charge in [-0.1, -0.05) is 24.2 Å². The first-order valence-electron chi connectivity index (χ1n) is 5.83. The van der Waals surface area contributed by atoms with Gasteiger partial charge in [-0.3, -0.25) is 0 Å². The minimum atomic E-state index is 0.164.